The average molecular weight is 247 g/mol. The molecule has 2 rings (SSSR count). The summed E-state index contributed by atoms with van der Waals surface area (Å²) in [5.74, 6) is 0.426. The Morgan fingerprint density at radius 1 is 1.61 bits per heavy atom. The number of nitrogens with one attached hydrogen (secondary N) is 1. The molecule has 1 N–H and O–H groups in total. The third kappa shape index (κ3) is 3.29. The van der Waals surface area contributed by atoms with E-state index >= 15 is 0 Å². The van der Waals surface area contributed by atoms with Gasteiger partial charge in [-0.3, -0.25) is 9.78 Å². The number of pyridine rings is 1. The smallest absolute Gasteiger partial charge is 0.225 e. The highest BCUT2D eigenvalue weighted by atomic mass is 16.2. The molecule has 0 radical (unpaired) electrons. The molecule has 4 heteroatoms. The van der Waals surface area contributed by atoms with Crippen LogP contribution < -0.4 is 5.32 Å². The monoisotopic (exact) mass is 247 g/mol. The molecule has 0 aromatic carbocycles. The van der Waals surface area contributed by atoms with Crippen LogP contribution in [0.2, 0.25) is 0 Å². The number of carbonyl (C=O) groups is 1. The Balaban J connectivity index is 1.92. The molecule has 2 unspecified atom stereocenters. The normalized spacial score (nSPS) is 23.7. The fourth-order valence-corrected chi connectivity index (χ4v) is 2.51. The number of hydrogen-bond donors (Lipinski definition) is 1. The summed E-state index contributed by atoms with van der Waals surface area (Å²) in [6.45, 7) is 3.73. The van der Waals surface area contributed by atoms with E-state index in [1.807, 2.05) is 30.3 Å². The van der Waals surface area contributed by atoms with Gasteiger partial charge >= 0.3 is 0 Å². The quantitative estimate of drug-likeness (QED) is 0.879. The molecule has 4 nitrogen and oxygen atoms in total. The van der Waals surface area contributed by atoms with Crippen molar-refractivity contribution in [2.24, 2.45) is 5.92 Å². The lowest BCUT2D eigenvalue weighted by Gasteiger charge is -2.30. The van der Waals surface area contributed by atoms with E-state index in [0.717, 1.165) is 24.9 Å². The van der Waals surface area contributed by atoms with Gasteiger partial charge in [-0.1, -0.05) is 6.07 Å². The molecule has 18 heavy (non-hydrogen) atoms. The third-order valence-corrected chi connectivity index (χ3v) is 3.49. The van der Waals surface area contributed by atoms with Crippen LogP contribution in [0.25, 0.3) is 0 Å². The molecule has 1 saturated heterocycles. The Labute approximate surface area is 108 Å². The molecular formula is C14H21N3O. The zero-order valence-corrected chi connectivity index (χ0v) is 11.1. The minimum Gasteiger partial charge on any atom is -0.341 e. The van der Waals surface area contributed by atoms with Gasteiger partial charge in [-0.2, -0.15) is 0 Å². The lowest BCUT2D eigenvalue weighted by atomic mass is 9.92. The van der Waals surface area contributed by atoms with Crippen molar-refractivity contribution in [3.05, 3.63) is 30.1 Å². The van der Waals surface area contributed by atoms with Gasteiger partial charge < -0.3 is 10.2 Å². The maximum Gasteiger partial charge on any atom is 0.225 e. The van der Waals surface area contributed by atoms with Crippen LogP contribution in [0.3, 0.4) is 0 Å². The van der Waals surface area contributed by atoms with E-state index in [1.54, 1.807) is 6.20 Å². The molecule has 0 aliphatic carbocycles. The maximum absolute atomic E-state index is 12.3. The largest absolute Gasteiger partial charge is 0.341 e. The molecule has 1 amide bonds. The molecule has 1 fully saturated rings. The van der Waals surface area contributed by atoms with Crippen LogP contribution in [0.5, 0.6) is 0 Å². The van der Waals surface area contributed by atoms with Crippen LogP contribution in [-0.4, -0.2) is 35.4 Å². The minimum atomic E-state index is 0.169. The van der Waals surface area contributed by atoms with Gasteiger partial charge in [0.1, 0.15) is 0 Å². The fourth-order valence-electron chi connectivity index (χ4n) is 2.51. The molecule has 0 saturated carbocycles. The van der Waals surface area contributed by atoms with Crippen molar-refractivity contribution < 1.29 is 4.79 Å². The van der Waals surface area contributed by atoms with Crippen LogP contribution in [0.1, 0.15) is 25.3 Å². The first-order valence-corrected chi connectivity index (χ1v) is 6.54. The number of piperidine rings is 1. The van der Waals surface area contributed by atoms with Gasteiger partial charge in [-0.25, -0.2) is 0 Å². The Hall–Kier alpha value is -1.42. The lowest BCUT2D eigenvalue weighted by molar-refractivity contribution is -0.135. The van der Waals surface area contributed by atoms with E-state index in [0.29, 0.717) is 12.6 Å². The highest BCUT2D eigenvalue weighted by Crippen LogP contribution is 2.19. The van der Waals surface area contributed by atoms with Crippen molar-refractivity contribution in [1.82, 2.24) is 15.2 Å². The van der Waals surface area contributed by atoms with E-state index in [2.05, 4.69) is 17.2 Å². The highest BCUT2D eigenvalue weighted by molar-refractivity contribution is 5.78. The predicted molar refractivity (Wildman–Crippen MR) is 70.9 cm³/mol. The number of aromatic nitrogens is 1. The summed E-state index contributed by atoms with van der Waals surface area (Å²) < 4.78 is 0. The molecule has 1 aromatic heterocycles. The molecule has 0 bridgehead atoms. The Morgan fingerprint density at radius 3 is 3.11 bits per heavy atom. The van der Waals surface area contributed by atoms with Crippen molar-refractivity contribution in [2.45, 2.75) is 32.4 Å². The van der Waals surface area contributed by atoms with Crippen LogP contribution in [0, 0.1) is 5.92 Å². The first-order chi connectivity index (χ1) is 8.66. The van der Waals surface area contributed by atoms with Crippen molar-refractivity contribution in [3.63, 3.8) is 0 Å². The van der Waals surface area contributed by atoms with E-state index < -0.39 is 0 Å². The Kier molecular flexibility index (Phi) is 4.31. The zero-order valence-electron chi connectivity index (χ0n) is 11.1. The van der Waals surface area contributed by atoms with Crippen LogP contribution in [0.15, 0.2) is 24.5 Å². The summed E-state index contributed by atoms with van der Waals surface area (Å²) in [6.07, 6.45) is 5.45. The van der Waals surface area contributed by atoms with Crippen LogP contribution in [0.4, 0.5) is 0 Å². The summed E-state index contributed by atoms with van der Waals surface area (Å²) >= 11 is 0. The van der Waals surface area contributed by atoms with E-state index in [4.69, 9.17) is 0 Å². The zero-order chi connectivity index (χ0) is 13.0. The predicted octanol–water partition coefficient (Wildman–Crippen LogP) is 1.43. The third-order valence-electron chi connectivity index (χ3n) is 3.49. The van der Waals surface area contributed by atoms with Gasteiger partial charge in [0.25, 0.3) is 0 Å². The van der Waals surface area contributed by atoms with Crippen molar-refractivity contribution >= 4 is 5.91 Å². The number of hydrogen-bond acceptors (Lipinski definition) is 3. The van der Waals surface area contributed by atoms with Crippen molar-refractivity contribution in [3.8, 4) is 0 Å². The fraction of sp³-hybridized carbons (Fsp3) is 0.571. The molecule has 1 aliphatic heterocycles. The highest BCUT2D eigenvalue weighted by Gasteiger charge is 2.26. The topological polar surface area (TPSA) is 45.2 Å². The van der Waals surface area contributed by atoms with Gasteiger partial charge in [0.15, 0.2) is 0 Å². The SMILES string of the molecule is CC1CC(C(=O)N(C)Cc2cccnc2)CCN1. The van der Waals surface area contributed by atoms with Crippen molar-refractivity contribution in [1.29, 1.82) is 0 Å². The van der Waals surface area contributed by atoms with Gasteiger partial charge in [0, 0.05) is 37.9 Å². The first kappa shape index (κ1) is 13.0. The summed E-state index contributed by atoms with van der Waals surface area (Å²) in [5.41, 5.74) is 1.08. The summed E-state index contributed by atoms with van der Waals surface area (Å²) in [4.78, 5) is 18.2. The number of amides is 1. The number of nitrogens with zero attached hydrogens (tertiary/aromatic N) is 2. The van der Waals surface area contributed by atoms with Crippen LogP contribution >= 0.6 is 0 Å². The van der Waals surface area contributed by atoms with Crippen molar-refractivity contribution in [2.75, 3.05) is 13.6 Å². The van der Waals surface area contributed by atoms with Gasteiger partial charge in [-0.15, -0.1) is 0 Å². The number of carbonyl (C=O) groups excluding carboxylic acids is 1. The van der Waals surface area contributed by atoms with E-state index in [1.165, 1.54) is 0 Å². The summed E-state index contributed by atoms with van der Waals surface area (Å²) in [6, 6.07) is 4.35. The average Bonchev–Trinajstić information content (AvgIpc) is 2.39. The van der Waals surface area contributed by atoms with Crippen LogP contribution in [-0.2, 0) is 11.3 Å². The molecule has 1 aromatic rings. The summed E-state index contributed by atoms with van der Waals surface area (Å²) in [5, 5.41) is 3.37. The van der Waals surface area contributed by atoms with Gasteiger partial charge in [-0.05, 0) is 37.9 Å². The second-order valence-electron chi connectivity index (χ2n) is 5.13. The molecular weight excluding hydrogens is 226 g/mol. The Bertz CT molecular complexity index is 393. The maximum atomic E-state index is 12.3. The Morgan fingerprint density at radius 2 is 2.44 bits per heavy atom. The molecule has 2 atom stereocenters. The van der Waals surface area contributed by atoms with Gasteiger partial charge in [0.05, 0.1) is 0 Å². The molecule has 0 spiro atoms. The second-order valence-corrected chi connectivity index (χ2v) is 5.13. The summed E-state index contributed by atoms with van der Waals surface area (Å²) in [7, 11) is 1.88. The minimum absolute atomic E-state index is 0.169. The second kappa shape index (κ2) is 5.96. The number of rotatable bonds is 3. The lowest BCUT2D eigenvalue weighted by Crippen LogP contribution is -2.42. The molecule has 98 valence electrons. The molecule has 1 aliphatic rings. The first-order valence-electron chi connectivity index (χ1n) is 6.54. The van der Waals surface area contributed by atoms with E-state index in [9.17, 15) is 4.79 Å². The standard InChI is InChI=1S/C14H21N3O/c1-11-8-13(5-7-16-11)14(18)17(2)10-12-4-3-6-15-9-12/h3-4,6,9,11,13,16H,5,7-8,10H2,1-2H3. The van der Waals surface area contributed by atoms with Gasteiger partial charge in [0.2, 0.25) is 5.91 Å². The van der Waals surface area contributed by atoms with E-state index in [-0.39, 0.29) is 11.8 Å². The molecule has 2 heterocycles.